The molecule has 0 aliphatic carbocycles. The number of anilines is 1. The Morgan fingerprint density at radius 2 is 1.90 bits per heavy atom. The predicted octanol–water partition coefficient (Wildman–Crippen LogP) is 4.15. The Balaban J connectivity index is 1.67. The zero-order valence-corrected chi connectivity index (χ0v) is 12.9. The smallest absolute Gasteiger partial charge is 0.171 e. The number of hydrogen-bond acceptors (Lipinski definition) is 2. The van der Waals surface area contributed by atoms with Crippen molar-refractivity contribution >= 4 is 34.6 Å². The maximum atomic E-state index is 5.87. The van der Waals surface area contributed by atoms with E-state index in [1.54, 1.807) is 0 Å². The molecule has 0 amide bonds. The van der Waals surface area contributed by atoms with Gasteiger partial charge in [0.2, 0.25) is 0 Å². The fraction of sp³-hybridized carbons (Fsp3) is 0.188. The standard InChI is InChI=1S/C16H15ClN2OS/c17-11-5-7-12(8-6-11)18-16(21)19-14-9-10-20-15-4-2-1-3-13(14)15/h1-8,14H,9-10H2,(H2,18,19,21)/t14-/m1/s1. The van der Waals surface area contributed by atoms with Crippen molar-refractivity contribution in [2.75, 3.05) is 11.9 Å². The van der Waals surface area contributed by atoms with E-state index in [9.17, 15) is 0 Å². The molecule has 0 radical (unpaired) electrons. The second kappa shape index (κ2) is 6.33. The third-order valence-corrected chi connectivity index (χ3v) is 3.84. The monoisotopic (exact) mass is 318 g/mol. The van der Waals surface area contributed by atoms with Crippen molar-refractivity contribution in [1.82, 2.24) is 5.32 Å². The van der Waals surface area contributed by atoms with Crippen molar-refractivity contribution in [1.29, 1.82) is 0 Å². The number of hydrogen-bond donors (Lipinski definition) is 2. The van der Waals surface area contributed by atoms with Crippen LogP contribution in [0.2, 0.25) is 5.02 Å². The molecule has 0 saturated carbocycles. The third kappa shape index (κ3) is 3.46. The second-order valence-electron chi connectivity index (χ2n) is 4.83. The number of halogens is 1. The van der Waals surface area contributed by atoms with Crippen LogP contribution in [-0.4, -0.2) is 11.7 Å². The molecule has 1 atom stereocenters. The highest BCUT2D eigenvalue weighted by Gasteiger charge is 2.21. The van der Waals surface area contributed by atoms with Crippen LogP contribution in [0.15, 0.2) is 48.5 Å². The molecule has 2 aromatic rings. The van der Waals surface area contributed by atoms with E-state index in [1.165, 1.54) is 0 Å². The van der Waals surface area contributed by atoms with Gasteiger partial charge in [-0.1, -0.05) is 29.8 Å². The zero-order chi connectivity index (χ0) is 14.7. The number of ether oxygens (including phenoxy) is 1. The molecule has 3 nitrogen and oxygen atoms in total. The highest BCUT2D eigenvalue weighted by molar-refractivity contribution is 7.80. The first kappa shape index (κ1) is 14.2. The van der Waals surface area contributed by atoms with Crippen LogP contribution in [0.25, 0.3) is 0 Å². The zero-order valence-electron chi connectivity index (χ0n) is 11.3. The number of fused-ring (bicyclic) bond motifs is 1. The van der Waals surface area contributed by atoms with Crippen molar-refractivity contribution in [3.8, 4) is 5.75 Å². The van der Waals surface area contributed by atoms with Crippen LogP contribution >= 0.6 is 23.8 Å². The number of nitrogens with one attached hydrogen (secondary N) is 2. The van der Waals surface area contributed by atoms with Crippen molar-refractivity contribution in [2.24, 2.45) is 0 Å². The van der Waals surface area contributed by atoms with Crippen molar-refractivity contribution < 1.29 is 4.74 Å². The molecule has 3 rings (SSSR count). The Morgan fingerprint density at radius 1 is 1.14 bits per heavy atom. The fourth-order valence-electron chi connectivity index (χ4n) is 2.35. The SMILES string of the molecule is S=C(Nc1ccc(Cl)cc1)N[C@@H]1CCOc2ccccc21. The topological polar surface area (TPSA) is 33.3 Å². The summed E-state index contributed by atoms with van der Waals surface area (Å²) in [7, 11) is 0. The molecular weight excluding hydrogens is 304 g/mol. The number of thiocarbonyl (C=S) groups is 1. The highest BCUT2D eigenvalue weighted by Crippen LogP contribution is 2.31. The van der Waals surface area contributed by atoms with Crippen LogP contribution in [-0.2, 0) is 0 Å². The lowest BCUT2D eigenvalue weighted by Gasteiger charge is -2.27. The normalized spacial score (nSPS) is 16.5. The minimum Gasteiger partial charge on any atom is -0.493 e. The van der Waals surface area contributed by atoms with Gasteiger partial charge in [-0.15, -0.1) is 0 Å². The van der Waals surface area contributed by atoms with Gasteiger partial charge in [-0.25, -0.2) is 0 Å². The summed E-state index contributed by atoms with van der Waals surface area (Å²) in [5.41, 5.74) is 2.06. The summed E-state index contributed by atoms with van der Waals surface area (Å²) >= 11 is 11.3. The molecule has 2 aromatic carbocycles. The lowest BCUT2D eigenvalue weighted by atomic mass is 10.0. The molecule has 21 heavy (non-hydrogen) atoms. The van der Waals surface area contributed by atoms with E-state index in [0.29, 0.717) is 16.7 Å². The van der Waals surface area contributed by atoms with Crippen LogP contribution in [0.1, 0.15) is 18.0 Å². The van der Waals surface area contributed by atoms with Gasteiger partial charge in [0.1, 0.15) is 5.75 Å². The Bertz CT molecular complexity index is 645. The first-order chi connectivity index (χ1) is 10.2. The molecule has 2 N–H and O–H groups in total. The molecule has 1 heterocycles. The van der Waals surface area contributed by atoms with Crippen LogP contribution in [0.4, 0.5) is 5.69 Å². The average Bonchev–Trinajstić information content (AvgIpc) is 2.50. The van der Waals surface area contributed by atoms with E-state index in [1.807, 2.05) is 42.5 Å². The van der Waals surface area contributed by atoms with Gasteiger partial charge < -0.3 is 15.4 Å². The van der Waals surface area contributed by atoms with Crippen molar-refractivity contribution in [3.63, 3.8) is 0 Å². The number of rotatable bonds is 2. The van der Waals surface area contributed by atoms with Gasteiger partial charge in [0, 0.05) is 22.7 Å². The number of para-hydroxylation sites is 1. The Morgan fingerprint density at radius 3 is 2.71 bits per heavy atom. The summed E-state index contributed by atoms with van der Waals surface area (Å²) < 4.78 is 5.65. The summed E-state index contributed by atoms with van der Waals surface area (Å²) in [5.74, 6) is 0.926. The molecular formula is C16H15ClN2OS. The van der Waals surface area contributed by atoms with Crippen molar-refractivity contribution in [2.45, 2.75) is 12.5 Å². The van der Waals surface area contributed by atoms with Crippen LogP contribution in [0.3, 0.4) is 0 Å². The van der Waals surface area contributed by atoms with E-state index >= 15 is 0 Å². The van der Waals surface area contributed by atoms with Gasteiger partial charge in [0.25, 0.3) is 0 Å². The summed E-state index contributed by atoms with van der Waals surface area (Å²) in [6.45, 7) is 0.693. The summed E-state index contributed by atoms with van der Waals surface area (Å²) in [6.07, 6.45) is 0.888. The van der Waals surface area contributed by atoms with Gasteiger partial charge in [-0.2, -0.15) is 0 Å². The molecule has 1 aliphatic heterocycles. The van der Waals surface area contributed by atoms with E-state index in [0.717, 1.165) is 23.4 Å². The number of benzene rings is 2. The van der Waals surface area contributed by atoms with E-state index in [4.69, 9.17) is 28.6 Å². The molecule has 0 fully saturated rings. The molecule has 5 heteroatoms. The van der Waals surface area contributed by atoms with Crippen molar-refractivity contribution in [3.05, 3.63) is 59.1 Å². The van der Waals surface area contributed by atoms with Crippen LogP contribution in [0.5, 0.6) is 5.75 Å². The quantitative estimate of drug-likeness (QED) is 0.815. The van der Waals surface area contributed by atoms with Gasteiger partial charge in [0.05, 0.1) is 12.6 Å². The minimum atomic E-state index is 0.169. The van der Waals surface area contributed by atoms with Crippen LogP contribution < -0.4 is 15.4 Å². The molecule has 0 spiro atoms. The fourth-order valence-corrected chi connectivity index (χ4v) is 2.74. The Kier molecular flexibility index (Phi) is 4.27. The Labute approximate surface area is 134 Å². The maximum absolute atomic E-state index is 5.87. The largest absolute Gasteiger partial charge is 0.493 e. The van der Waals surface area contributed by atoms with Gasteiger partial charge in [-0.3, -0.25) is 0 Å². The third-order valence-electron chi connectivity index (χ3n) is 3.37. The second-order valence-corrected chi connectivity index (χ2v) is 5.68. The molecule has 108 valence electrons. The average molecular weight is 319 g/mol. The summed E-state index contributed by atoms with van der Waals surface area (Å²) in [5, 5.41) is 7.82. The first-order valence-corrected chi connectivity index (χ1v) is 7.56. The maximum Gasteiger partial charge on any atom is 0.171 e. The first-order valence-electron chi connectivity index (χ1n) is 6.77. The van der Waals surface area contributed by atoms with Gasteiger partial charge in [-0.05, 0) is 42.5 Å². The Hall–Kier alpha value is -1.78. The van der Waals surface area contributed by atoms with Gasteiger partial charge in [0.15, 0.2) is 5.11 Å². The minimum absolute atomic E-state index is 0.169. The summed E-state index contributed by atoms with van der Waals surface area (Å²) in [6, 6.07) is 15.7. The molecule has 0 aromatic heterocycles. The highest BCUT2D eigenvalue weighted by atomic mass is 35.5. The van der Waals surface area contributed by atoms with E-state index in [-0.39, 0.29) is 6.04 Å². The van der Waals surface area contributed by atoms with E-state index < -0.39 is 0 Å². The lowest BCUT2D eigenvalue weighted by molar-refractivity contribution is 0.262. The predicted molar refractivity (Wildman–Crippen MR) is 90.1 cm³/mol. The molecule has 0 saturated heterocycles. The lowest BCUT2D eigenvalue weighted by Crippen LogP contribution is -2.35. The van der Waals surface area contributed by atoms with Crippen LogP contribution in [0, 0.1) is 0 Å². The van der Waals surface area contributed by atoms with E-state index in [2.05, 4.69) is 16.7 Å². The summed E-state index contributed by atoms with van der Waals surface area (Å²) in [4.78, 5) is 0. The molecule has 1 aliphatic rings. The van der Waals surface area contributed by atoms with Gasteiger partial charge >= 0.3 is 0 Å². The molecule has 0 unspecified atom stereocenters. The molecule has 0 bridgehead atoms.